The predicted molar refractivity (Wildman–Crippen MR) is 194 cm³/mol. The maximum absolute atomic E-state index is 10.4. The van der Waals surface area contributed by atoms with Crippen molar-refractivity contribution < 1.29 is 5.11 Å². The number of nitrogens with one attached hydrogen (secondary N) is 1. The molecule has 0 atom stereocenters. The summed E-state index contributed by atoms with van der Waals surface area (Å²) in [6.07, 6.45) is 2.79. The molecule has 0 aliphatic carbocycles. The Kier molecular flexibility index (Phi) is 9.46. The smallest absolute Gasteiger partial charge is 0.205 e. The zero-order chi connectivity index (χ0) is 33.6. The maximum atomic E-state index is 10.4. The number of aliphatic hydroxyl groups is 1. The molecule has 0 spiro atoms. The van der Waals surface area contributed by atoms with Gasteiger partial charge in [0.1, 0.15) is 5.82 Å². The number of benzene rings is 5. The number of nitrogens with zero attached hydrogens (tertiary/aromatic N) is 5. The van der Waals surface area contributed by atoms with Crippen molar-refractivity contribution >= 4 is 11.6 Å². The zero-order valence-corrected chi connectivity index (χ0v) is 28.1. The first kappa shape index (κ1) is 32.2. The predicted octanol–water partition coefficient (Wildman–Crippen LogP) is 8.65. The molecule has 0 amide bonds. The number of imidazole rings is 1. The van der Waals surface area contributed by atoms with Crippen LogP contribution in [0.3, 0.4) is 0 Å². The van der Waals surface area contributed by atoms with Crippen LogP contribution in [0.1, 0.15) is 59.1 Å². The lowest BCUT2D eigenvalue weighted by Gasteiger charge is -2.39. The Balaban J connectivity index is 1.56. The molecule has 2 heterocycles. The van der Waals surface area contributed by atoms with E-state index in [0.29, 0.717) is 23.2 Å². The molecule has 7 aromatic rings. The summed E-state index contributed by atoms with van der Waals surface area (Å²) in [5, 5.41) is 26.0. The molecule has 0 aliphatic rings. The average Bonchev–Trinajstić information content (AvgIpc) is 3.80. The first-order valence-electron chi connectivity index (χ1n) is 16.6. The third-order valence-electron chi connectivity index (χ3n) is 9.26. The van der Waals surface area contributed by atoms with E-state index >= 15 is 0 Å². The summed E-state index contributed by atoms with van der Waals surface area (Å²) in [6, 6.07) is 47.0. The van der Waals surface area contributed by atoms with E-state index in [4.69, 9.17) is 11.6 Å². The highest BCUT2D eigenvalue weighted by atomic mass is 35.5. The molecule has 0 saturated carbocycles. The van der Waals surface area contributed by atoms with Crippen molar-refractivity contribution in [2.45, 2.75) is 44.8 Å². The van der Waals surface area contributed by atoms with E-state index in [0.717, 1.165) is 69.6 Å². The Morgan fingerprint density at radius 2 is 1.33 bits per heavy atom. The number of tetrazole rings is 1. The Morgan fingerprint density at radius 1 is 0.735 bits per heavy atom. The van der Waals surface area contributed by atoms with E-state index in [1.165, 1.54) is 0 Å². The number of halogens is 1. The number of rotatable bonds is 12. The van der Waals surface area contributed by atoms with Crippen LogP contribution in [-0.4, -0.2) is 35.3 Å². The van der Waals surface area contributed by atoms with Crippen LogP contribution in [0.15, 0.2) is 133 Å². The lowest BCUT2D eigenvalue weighted by Crippen LogP contribution is -2.32. The minimum Gasteiger partial charge on any atom is -0.390 e. The zero-order valence-electron chi connectivity index (χ0n) is 27.3. The summed E-state index contributed by atoms with van der Waals surface area (Å²) in [5.41, 5.74) is 8.36. The fraction of sp³-hybridized carbons (Fsp3) is 0.171. The van der Waals surface area contributed by atoms with Gasteiger partial charge < -0.3 is 9.67 Å². The first-order valence-corrected chi connectivity index (χ1v) is 17.0. The van der Waals surface area contributed by atoms with Crippen LogP contribution in [0.4, 0.5) is 0 Å². The minimum atomic E-state index is -0.725. The van der Waals surface area contributed by atoms with Gasteiger partial charge in [-0.05, 0) is 50.6 Å². The van der Waals surface area contributed by atoms with Crippen molar-refractivity contribution in [2.24, 2.45) is 0 Å². The molecule has 7 nitrogen and oxygen atoms in total. The van der Waals surface area contributed by atoms with Crippen molar-refractivity contribution in [3.63, 3.8) is 0 Å². The molecule has 2 N–H and O–H groups in total. The van der Waals surface area contributed by atoms with E-state index in [1.807, 2.05) is 18.2 Å². The highest BCUT2D eigenvalue weighted by Crippen LogP contribution is 2.49. The van der Waals surface area contributed by atoms with Crippen molar-refractivity contribution in [1.82, 2.24) is 30.2 Å². The number of aromatic nitrogens is 6. The molecule has 244 valence electrons. The number of unbranched alkanes of at least 4 members (excludes halogenated alkanes) is 1. The third-order valence-corrected chi connectivity index (χ3v) is 9.56. The number of aliphatic hydroxyl groups excluding tert-OH is 1. The van der Waals surface area contributed by atoms with Gasteiger partial charge in [-0.2, -0.15) is 5.21 Å². The van der Waals surface area contributed by atoms with Gasteiger partial charge in [0.25, 0.3) is 0 Å². The van der Waals surface area contributed by atoms with Gasteiger partial charge in [-0.3, -0.25) is 0 Å². The summed E-state index contributed by atoms with van der Waals surface area (Å²) in [7, 11) is 0. The van der Waals surface area contributed by atoms with Crippen molar-refractivity contribution in [1.29, 1.82) is 0 Å². The van der Waals surface area contributed by atoms with Crippen LogP contribution >= 0.6 is 11.6 Å². The molecule has 0 unspecified atom stereocenters. The average molecular weight is 665 g/mol. The molecule has 2 aromatic heterocycles. The second-order valence-corrected chi connectivity index (χ2v) is 12.5. The monoisotopic (exact) mass is 664 g/mol. The van der Waals surface area contributed by atoms with Crippen molar-refractivity contribution in [2.75, 3.05) is 0 Å². The summed E-state index contributed by atoms with van der Waals surface area (Å²) in [5.74, 6) is 1.40. The van der Waals surface area contributed by atoms with Crippen molar-refractivity contribution in [3.8, 4) is 22.5 Å². The number of hydrogen-bond donors (Lipinski definition) is 2. The van der Waals surface area contributed by atoms with Gasteiger partial charge in [-0.25, -0.2) is 4.98 Å². The van der Waals surface area contributed by atoms with Gasteiger partial charge in [-0.15, -0.1) is 10.2 Å². The Bertz CT molecular complexity index is 2030. The molecular formula is C41H37ClN6O. The lowest BCUT2D eigenvalue weighted by molar-refractivity contribution is 0.271. The van der Waals surface area contributed by atoms with Crippen LogP contribution in [0, 0.1) is 0 Å². The van der Waals surface area contributed by atoms with Crippen molar-refractivity contribution in [3.05, 3.63) is 178 Å². The summed E-state index contributed by atoms with van der Waals surface area (Å²) >= 11 is 6.60. The second-order valence-electron chi connectivity index (χ2n) is 12.1. The largest absolute Gasteiger partial charge is 0.390 e. The topological polar surface area (TPSA) is 92.5 Å². The standard InChI is InChI=1S/C41H37ClN6O/c1-2-3-23-38-43-39(42)37(28-49)48(38)27-29-24-25-34(33-21-13-14-22-35(33)40-44-46-47-45-40)36(26-29)41(30-15-7-4-8-16-30,31-17-9-5-10-18-31)32-19-11-6-12-20-32/h4-22,24-26,49H,2-3,23,27-28H2,1H3,(H,44,45,46,47). The molecular weight excluding hydrogens is 628 g/mol. The van der Waals surface area contributed by atoms with Gasteiger partial charge >= 0.3 is 0 Å². The molecule has 0 saturated heterocycles. The number of aromatic amines is 1. The Morgan fingerprint density at radius 3 is 1.88 bits per heavy atom. The van der Waals surface area contributed by atoms with Crippen LogP contribution in [0.2, 0.25) is 5.15 Å². The van der Waals surface area contributed by atoms with Crippen LogP contribution < -0.4 is 0 Å². The molecule has 0 fully saturated rings. The Hall–Kier alpha value is -5.37. The summed E-state index contributed by atoms with van der Waals surface area (Å²) < 4.78 is 2.08. The number of H-pyrrole nitrogens is 1. The van der Waals surface area contributed by atoms with E-state index < -0.39 is 5.41 Å². The van der Waals surface area contributed by atoms with Crippen LogP contribution in [-0.2, 0) is 25.0 Å². The summed E-state index contributed by atoms with van der Waals surface area (Å²) in [4.78, 5) is 4.68. The Labute approximate surface area is 291 Å². The third kappa shape index (κ3) is 6.07. The highest BCUT2D eigenvalue weighted by molar-refractivity contribution is 6.30. The molecule has 8 heteroatoms. The first-order chi connectivity index (χ1) is 24.1. The molecule has 5 aromatic carbocycles. The van der Waals surface area contributed by atoms with Gasteiger partial charge in [0.05, 0.1) is 17.7 Å². The van der Waals surface area contributed by atoms with Gasteiger partial charge in [0, 0.05) is 18.5 Å². The fourth-order valence-electron chi connectivity index (χ4n) is 7.01. The maximum Gasteiger partial charge on any atom is 0.205 e. The van der Waals surface area contributed by atoms with Gasteiger partial charge in [-0.1, -0.05) is 158 Å². The van der Waals surface area contributed by atoms with E-state index in [9.17, 15) is 5.11 Å². The van der Waals surface area contributed by atoms with Gasteiger partial charge in [0.2, 0.25) is 5.82 Å². The normalized spacial score (nSPS) is 11.6. The highest BCUT2D eigenvalue weighted by Gasteiger charge is 2.40. The lowest BCUT2D eigenvalue weighted by atomic mass is 9.63. The van der Waals surface area contributed by atoms with Crippen LogP contribution in [0.25, 0.3) is 22.5 Å². The van der Waals surface area contributed by atoms with Gasteiger partial charge in [0.15, 0.2) is 5.15 Å². The van der Waals surface area contributed by atoms with E-state index in [-0.39, 0.29) is 6.61 Å². The minimum absolute atomic E-state index is 0.192. The van der Waals surface area contributed by atoms with E-state index in [2.05, 4.69) is 152 Å². The molecule has 0 aliphatic heterocycles. The van der Waals surface area contributed by atoms with E-state index in [1.54, 1.807) is 0 Å². The number of hydrogen-bond acceptors (Lipinski definition) is 5. The molecule has 7 rings (SSSR count). The summed E-state index contributed by atoms with van der Waals surface area (Å²) in [6.45, 7) is 2.47. The number of aryl methyl sites for hydroxylation is 1. The quantitative estimate of drug-likeness (QED) is 0.128. The van der Waals surface area contributed by atoms with Crippen LogP contribution in [0.5, 0.6) is 0 Å². The SMILES string of the molecule is CCCCc1nc(Cl)c(CO)n1Cc1ccc(-c2ccccc2-c2nn[nH]n2)c(C(c2ccccc2)(c2ccccc2)c2ccccc2)c1. The molecule has 0 bridgehead atoms. The molecule has 0 radical (unpaired) electrons. The second kappa shape index (κ2) is 14.4. The fourth-order valence-corrected chi connectivity index (χ4v) is 7.26. The molecule has 49 heavy (non-hydrogen) atoms.